The number of nitrogens with two attached hydrogens (primary N) is 1. The number of hydrogen-bond acceptors (Lipinski definition) is 8. The van der Waals surface area contributed by atoms with Crippen molar-refractivity contribution < 1.29 is 24.2 Å². The van der Waals surface area contributed by atoms with E-state index in [-0.39, 0.29) is 40.0 Å². The number of carbonyl (C=O) groups excluding carboxylic acids is 2. The van der Waals surface area contributed by atoms with Crippen molar-refractivity contribution in [2.45, 2.75) is 68.1 Å². The van der Waals surface area contributed by atoms with Gasteiger partial charge in [0.15, 0.2) is 22.9 Å². The molecule has 4 saturated carbocycles. The number of fused-ring (bicyclic) bond motifs is 2. The zero-order chi connectivity index (χ0) is 27.4. The Balaban J connectivity index is 1.20. The van der Waals surface area contributed by atoms with Crippen molar-refractivity contribution in [3.05, 3.63) is 47.0 Å². The Bertz CT molecular complexity index is 1450. The summed E-state index contributed by atoms with van der Waals surface area (Å²) < 4.78 is 13.3. The van der Waals surface area contributed by atoms with Gasteiger partial charge in [-0.15, -0.1) is 0 Å². The molecule has 10 nitrogen and oxygen atoms in total. The van der Waals surface area contributed by atoms with Gasteiger partial charge in [-0.1, -0.05) is 6.07 Å². The Morgan fingerprint density at radius 1 is 1.20 bits per heavy atom. The summed E-state index contributed by atoms with van der Waals surface area (Å²) in [5, 5.41) is 14.0. The molecule has 9 rings (SSSR count). The molecule has 0 radical (unpaired) electrons. The van der Waals surface area contributed by atoms with Crippen LogP contribution in [0.4, 0.5) is 0 Å². The second kappa shape index (κ2) is 8.16. The maximum absolute atomic E-state index is 13.3. The molecular weight excluding hydrogens is 510 g/mol. The minimum Gasteiger partial charge on any atom is -0.504 e. The number of primary amides is 1. The van der Waals surface area contributed by atoms with Gasteiger partial charge in [-0.2, -0.15) is 0 Å². The third-order valence-corrected chi connectivity index (χ3v) is 11.5. The van der Waals surface area contributed by atoms with Crippen LogP contribution in [-0.2, 0) is 16.6 Å². The molecule has 1 aromatic heterocycles. The van der Waals surface area contributed by atoms with Crippen molar-refractivity contribution in [3.8, 4) is 11.5 Å². The van der Waals surface area contributed by atoms with E-state index in [2.05, 4.69) is 26.3 Å². The quantitative estimate of drug-likeness (QED) is 0.480. The summed E-state index contributed by atoms with van der Waals surface area (Å²) in [7, 11) is 1.76. The molecule has 2 aliphatic heterocycles. The molecule has 5 aliphatic carbocycles. The number of likely N-dealkylation sites (tertiary alicyclic amines) is 1. The van der Waals surface area contributed by atoms with E-state index >= 15 is 0 Å². The number of phenolic OH excluding ortho intramolecular Hbond substituents is 1. The molecule has 10 heteroatoms. The van der Waals surface area contributed by atoms with E-state index in [0.29, 0.717) is 18.3 Å². The van der Waals surface area contributed by atoms with Crippen LogP contribution in [0.3, 0.4) is 0 Å². The monoisotopic (exact) mass is 545 g/mol. The highest BCUT2D eigenvalue weighted by molar-refractivity contribution is 6.03. The van der Waals surface area contributed by atoms with E-state index in [9.17, 15) is 14.7 Å². The van der Waals surface area contributed by atoms with Crippen molar-refractivity contribution >= 4 is 11.8 Å². The van der Waals surface area contributed by atoms with Gasteiger partial charge in [0.1, 0.15) is 11.7 Å². The fraction of sp³-hybridized carbons (Fsp3) is 0.600. The minimum atomic E-state index is -0.789. The predicted octanol–water partition coefficient (Wildman–Crippen LogP) is 1.94. The van der Waals surface area contributed by atoms with Gasteiger partial charge in [-0.25, -0.2) is 9.97 Å². The zero-order valence-electron chi connectivity index (χ0n) is 22.7. The number of methoxy groups -OCH3 is 1. The summed E-state index contributed by atoms with van der Waals surface area (Å²) in [5.74, 6) is 0.348. The van der Waals surface area contributed by atoms with Gasteiger partial charge in [0.05, 0.1) is 0 Å². The second-order valence-corrected chi connectivity index (χ2v) is 12.9. The molecule has 2 aromatic rings. The molecule has 2 spiro atoms. The number of rotatable bonds is 7. The highest BCUT2D eigenvalue weighted by Crippen LogP contribution is 2.76. The first-order valence-electron chi connectivity index (χ1n) is 14.5. The molecule has 6 atom stereocenters. The van der Waals surface area contributed by atoms with Crippen LogP contribution in [0.1, 0.15) is 70.6 Å². The van der Waals surface area contributed by atoms with E-state index in [1.165, 1.54) is 36.4 Å². The smallest absolute Gasteiger partial charge is 0.272 e. The van der Waals surface area contributed by atoms with Gasteiger partial charge in [-0.05, 0) is 69.0 Å². The van der Waals surface area contributed by atoms with Crippen molar-refractivity contribution in [3.63, 3.8) is 0 Å². The van der Waals surface area contributed by atoms with E-state index < -0.39 is 17.4 Å². The number of phenols is 1. The molecule has 0 unspecified atom stereocenters. The van der Waals surface area contributed by atoms with Crippen molar-refractivity contribution in [2.75, 3.05) is 26.7 Å². The molecule has 4 N–H and O–H groups in total. The molecule has 5 fully saturated rings. The average Bonchev–Trinajstić information content (AvgIpc) is 3.71. The number of benzene rings is 1. The number of aromatic hydroxyl groups is 1. The summed E-state index contributed by atoms with van der Waals surface area (Å²) in [4.78, 5) is 36.0. The van der Waals surface area contributed by atoms with E-state index in [0.717, 1.165) is 51.1 Å². The minimum absolute atomic E-state index is 0.0246. The van der Waals surface area contributed by atoms with Crippen molar-refractivity contribution in [1.82, 2.24) is 20.2 Å². The SMILES string of the molecule is CO[C@]12CC[C@@]3(C[C@@H]1CNC(=O)c1nccnc1C(N)=O)[C@H]1Cc4ccc(O)c5c4[C@@]3(CCN1CC1CC1)[C@H]2O5. The van der Waals surface area contributed by atoms with Gasteiger partial charge in [-0.3, -0.25) is 14.5 Å². The van der Waals surface area contributed by atoms with Crippen LogP contribution in [0.2, 0.25) is 0 Å². The summed E-state index contributed by atoms with van der Waals surface area (Å²) >= 11 is 0. The van der Waals surface area contributed by atoms with Crippen molar-refractivity contribution in [2.24, 2.45) is 23.0 Å². The normalized spacial score (nSPS) is 36.6. The lowest BCUT2D eigenvalue weighted by Gasteiger charge is -2.74. The number of carbonyl (C=O) groups is 2. The number of nitrogens with zero attached hydrogens (tertiary/aromatic N) is 3. The third kappa shape index (κ3) is 2.91. The van der Waals surface area contributed by atoms with E-state index in [1.54, 1.807) is 13.2 Å². The fourth-order valence-electron chi connectivity index (χ4n) is 9.77. The first-order chi connectivity index (χ1) is 19.3. The van der Waals surface area contributed by atoms with E-state index in [1.807, 2.05) is 0 Å². The van der Waals surface area contributed by atoms with Gasteiger partial charge in [0, 0.05) is 60.9 Å². The second-order valence-electron chi connectivity index (χ2n) is 12.9. The number of hydrogen-bond donors (Lipinski definition) is 3. The lowest BCUT2D eigenvalue weighted by Crippen LogP contribution is -2.81. The molecule has 2 amide bonds. The van der Waals surface area contributed by atoms with Crippen LogP contribution >= 0.6 is 0 Å². The Morgan fingerprint density at radius 3 is 2.75 bits per heavy atom. The largest absolute Gasteiger partial charge is 0.504 e. The topological polar surface area (TPSA) is 140 Å². The molecule has 1 saturated heterocycles. The Labute approximate surface area is 232 Å². The molecule has 3 heterocycles. The van der Waals surface area contributed by atoms with Crippen LogP contribution in [0.25, 0.3) is 0 Å². The highest BCUT2D eigenvalue weighted by Gasteiger charge is 2.80. The standard InChI is InChI=1S/C30H35N5O5/c1-39-30-7-6-28(13-18(30)14-34-26(38)23-22(25(31)37)32-9-10-33-23)20-12-17-4-5-19(36)24-21(17)29(28,27(30)40-24)8-11-35(20)15-16-2-3-16/h4-5,9-10,16,18,20,27,36H,2-3,6-8,11-15H2,1H3,(H2,31,37)(H,34,38)/t18-,20-,27-,28-,29+,30-/m1/s1. The summed E-state index contributed by atoms with van der Waals surface area (Å²) in [6.45, 7) is 2.53. The Kier molecular flexibility index (Phi) is 5.01. The highest BCUT2D eigenvalue weighted by atomic mass is 16.6. The maximum atomic E-state index is 13.3. The summed E-state index contributed by atoms with van der Waals surface area (Å²) in [6, 6.07) is 4.28. The zero-order valence-corrected chi connectivity index (χ0v) is 22.7. The lowest BCUT2D eigenvalue weighted by atomic mass is 9.35. The van der Waals surface area contributed by atoms with Crippen LogP contribution in [0.15, 0.2) is 24.5 Å². The molecule has 40 heavy (non-hydrogen) atoms. The predicted molar refractivity (Wildman–Crippen MR) is 143 cm³/mol. The summed E-state index contributed by atoms with van der Waals surface area (Å²) in [6.07, 6.45) is 9.80. The molecule has 1 aromatic carbocycles. The van der Waals surface area contributed by atoms with Crippen LogP contribution in [0, 0.1) is 17.3 Å². The lowest BCUT2D eigenvalue weighted by molar-refractivity contribution is -0.275. The average molecular weight is 546 g/mol. The summed E-state index contributed by atoms with van der Waals surface area (Å²) in [5.41, 5.74) is 6.87. The Morgan fingerprint density at radius 2 is 2.00 bits per heavy atom. The van der Waals surface area contributed by atoms with Gasteiger partial charge in [0.25, 0.3) is 11.8 Å². The van der Waals surface area contributed by atoms with Crippen LogP contribution in [-0.4, -0.2) is 76.3 Å². The number of ether oxygens (including phenoxy) is 2. The maximum Gasteiger partial charge on any atom is 0.272 e. The van der Waals surface area contributed by atoms with Crippen molar-refractivity contribution in [1.29, 1.82) is 0 Å². The number of aromatic nitrogens is 2. The Hall–Kier alpha value is -3.24. The molecule has 7 aliphatic rings. The van der Waals surface area contributed by atoms with Crippen LogP contribution in [0.5, 0.6) is 11.5 Å². The molecule has 210 valence electrons. The van der Waals surface area contributed by atoms with Gasteiger partial charge < -0.3 is 25.6 Å². The van der Waals surface area contributed by atoms with Gasteiger partial charge >= 0.3 is 0 Å². The number of amides is 2. The number of piperidine rings is 1. The molecule has 4 bridgehead atoms. The van der Waals surface area contributed by atoms with Gasteiger partial charge in [0.2, 0.25) is 0 Å². The molecular formula is C30H35N5O5. The first kappa shape index (κ1) is 24.5. The third-order valence-electron chi connectivity index (χ3n) is 11.5. The fourth-order valence-corrected chi connectivity index (χ4v) is 9.77. The van der Waals surface area contributed by atoms with Crippen LogP contribution < -0.4 is 15.8 Å². The first-order valence-corrected chi connectivity index (χ1v) is 14.5. The van der Waals surface area contributed by atoms with E-state index in [4.69, 9.17) is 15.2 Å². The number of nitrogens with one attached hydrogen (secondary N) is 1.